The number of pyridine rings is 1. The molecule has 0 aliphatic carbocycles. The number of H-pyrrole nitrogens is 1. The van der Waals surface area contributed by atoms with Crippen LogP contribution in [0.25, 0.3) is 11.4 Å². The number of carbonyl (C=O) groups is 1. The van der Waals surface area contributed by atoms with Gasteiger partial charge in [0.15, 0.2) is 5.13 Å². The Hall–Kier alpha value is -2.71. The third kappa shape index (κ3) is 4.01. The van der Waals surface area contributed by atoms with E-state index in [4.69, 9.17) is 4.74 Å². The summed E-state index contributed by atoms with van der Waals surface area (Å²) in [6.45, 7) is 5.70. The number of amides is 1. The molecule has 0 aromatic carbocycles. The van der Waals surface area contributed by atoms with E-state index in [1.807, 2.05) is 29.8 Å². The zero-order valence-corrected chi connectivity index (χ0v) is 16.0. The molecule has 1 aliphatic heterocycles. The monoisotopic (exact) mass is 383 g/mol. The van der Waals surface area contributed by atoms with Crippen molar-refractivity contribution >= 4 is 28.2 Å². The summed E-state index contributed by atoms with van der Waals surface area (Å²) in [7, 11) is 0. The van der Waals surface area contributed by atoms with Crippen LogP contribution in [0.4, 0.5) is 10.9 Å². The number of hydrogen-bond acceptors (Lipinski definition) is 6. The summed E-state index contributed by atoms with van der Waals surface area (Å²) in [5, 5.41) is 5.30. The van der Waals surface area contributed by atoms with E-state index in [2.05, 4.69) is 39.0 Å². The highest BCUT2D eigenvalue weighted by atomic mass is 32.1. The largest absolute Gasteiger partial charge is 0.372 e. The minimum Gasteiger partial charge on any atom is -0.372 e. The van der Waals surface area contributed by atoms with Crippen LogP contribution in [0.3, 0.4) is 0 Å². The lowest BCUT2D eigenvalue weighted by Crippen LogP contribution is -2.45. The van der Waals surface area contributed by atoms with Crippen LogP contribution in [0.15, 0.2) is 42.0 Å². The quantitative estimate of drug-likeness (QED) is 0.721. The second-order valence-corrected chi connectivity index (χ2v) is 7.50. The summed E-state index contributed by atoms with van der Waals surface area (Å²) in [4.78, 5) is 26.7. The zero-order valence-electron chi connectivity index (χ0n) is 15.2. The topological polar surface area (TPSA) is 83.1 Å². The summed E-state index contributed by atoms with van der Waals surface area (Å²) in [5.74, 6) is 0.641. The van der Waals surface area contributed by atoms with Gasteiger partial charge in [0, 0.05) is 30.9 Å². The molecule has 2 N–H and O–H groups in total. The van der Waals surface area contributed by atoms with Gasteiger partial charge in [0.1, 0.15) is 5.82 Å². The van der Waals surface area contributed by atoms with Crippen LogP contribution in [0.2, 0.25) is 0 Å². The molecule has 0 spiro atoms. The molecule has 3 aromatic rings. The third-order valence-corrected chi connectivity index (χ3v) is 5.11. The molecule has 0 radical (unpaired) electrons. The van der Waals surface area contributed by atoms with E-state index in [1.54, 1.807) is 12.3 Å². The fourth-order valence-electron chi connectivity index (χ4n) is 3.19. The number of nitrogens with zero attached hydrogens (tertiary/aromatic N) is 3. The van der Waals surface area contributed by atoms with Gasteiger partial charge in [-0.2, -0.15) is 0 Å². The molecule has 2 atom stereocenters. The molecule has 27 heavy (non-hydrogen) atoms. The predicted molar refractivity (Wildman–Crippen MR) is 106 cm³/mol. The Bertz CT molecular complexity index is 897. The van der Waals surface area contributed by atoms with E-state index < -0.39 is 0 Å². The van der Waals surface area contributed by atoms with Crippen LogP contribution in [-0.4, -0.2) is 46.2 Å². The number of ether oxygens (including phenoxy) is 1. The number of hydrogen-bond donors (Lipinski definition) is 2. The van der Waals surface area contributed by atoms with Gasteiger partial charge in [-0.15, -0.1) is 11.3 Å². The number of thiazole rings is 1. The highest BCUT2D eigenvalue weighted by Crippen LogP contribution is 2.24. The number of aromatic amines is 1. The number of morpholine rings is 1. The van der Waals surface area contributed by atoms with Crippen molar-refractivity contribution in [1.29, 1.82) is 0 Å². The second-order valence-electron chi connectivity index (χ2n) is 6.64. The van der Waals surface area contributed by atoms with Crippen LogP contribution in [0, 0.1) is 0 Å². The Morgan fingerprint density at radius 3 is 2.78 bits per heavy atom. The Kier molecular flexibility index (Phi) is 4.91. The molecule has 1 aliphatic rings. The second kappa shape index (κ2) is 7.50. The number of rotatable bonds is 4. The van der Waals surface area contributed by atoms with Gasteiger partial charge in [-0.05, 0) is 38.1 Å². The maximum Gasteiger partial charge on any atom is 0.259 e. The minimum atomic E-state index is -0.217. The van der Waals surface area contributed by atoms with Crippen molar-refractivity contribution in [2.24, 2.45) is 0 Å². The highest BCUT2D eigenvalue weighted by Gasteiger charge is 2.23. The molecule has 4 rings (SSSR count). The molecule has 4 heterocycles. The summed E-state index contributed by atoms with van der Waals surface area (Å²) in [5.41, 5.74) is 2.24. The van der Waals surface area contributed by atoms with E-state index in [0.717, 1.165) is 30.3 Å². The minimum absolute atomic E-state index is 0.164. The van der Waals surface area contributed by atoms with E-state index in [9.17, 15) is 4.79 Å². The summed E-state index contributed by atoms with van der Waals surface area (Å²) in [6, 6.07) is 7.53. The lowest BCUT2D eigenvalue weighted by atomic mass is 10.2. The van der Waals surface area contributed by atoms with Crippen molar-refractivity contribution in [3.8, 4) is 11.4 Å². The third-order valence-electron chi connectivity index (χ3n) is 4.35. The highest BCUT2D eigenvalue weighted by molar-refractivity contribution is 7.14. The Morgan fingerprint density at radius 1 is 1.30 bits per heavy atom. The molecule has 8 heteroatoms. The molecule has 1 fully saturated rings. The summed E-state index contributed by atoms with van der Waals surface area (Å²) in [6.07, 6.45) is 3.78. The Balaban J connectivity index is 1.42. The van der Waals surface area contributed by atoms with Gasteiger partial charge in [0.05, 0.1) is 29.2 Å². The smallest absolute Gasteiger partial charge is 0.259 e. The van der Waals surface area contributed by atoms with E-state index in [-0.39, 0.29) is 18.1 Å². The molecule has 0 bridgehead atoms. The summed E-state index contributed by atoms with van der Waals surface area (Å²) < 4.78 is 5.75. The van der Waals surface area contributed by atoms with Gasteiger partial charge in [-0.25, -0.2) is 9.97 Å². The molecule has 0 saturated carbocycles. The molecule has 140 valence electrons. The lowest BCUT2D eigenvalue weighted by Gasteiger charge is -2.36. The standard InChI is InChI=1S/C19H21N5O2S/c1-12-9-24(10-13(2)26-12)17-6-5-14(8-21-17)18(25)23-19-22-16(11-27-19)15-4-3-7-20-15/h3-8,11-13,20H,9-10H2,1-2H3,(H,22,23,25)/t12-,13+. The summed E-state index contributed by atoms with van der Waals surface area (Å²) >= 11 is 1.39. The Morgan fingerprint density at radius 2 is 2.11 bits per heavy atom. The molecule has 7 nitrogen and oxygen atoms in total. The van der Waals surface area contributed by atoms with Gasteiger partial charge in [0.2, 0.25) is 0 Å². The van der Waals surface area contributed by atoms with Gasteiger partial charge in [-0.3, -0.25) is 10.1 Å². The average Bonchev–Trinajstić information content (AvgIpc) is 3.32. The molecule has 1 saturated heterocycles. The maximum atomic E-state index is 12.5. The van der Waals surface area contributed by atoms with E-state index in [0.29, 0.717) is 10.7 Å². The normalized spacial score (nSPS) is 19.9. The number of aromatic nitrogens is 3. The first-order chi connectivity index (χ1) is 13.1. The van der Waals surface area contributed by atoms with Crippen molar-refractivity contribution in [2.45, 2.75) is 26.1 Å². The fourth-order valence-corrected chi connectivity index (χ4v) is 3.89. The van der Waals surface area contributed by atoms with Gasteiger partial charge in [-0.1, -0.05) is 0 Å². The molecule has 3 aromatic heterocycles. The van der Waals surface area contributed by atoms with Crippen molar-refractivity contribution in [1.82, 2.24) is 15.0 Å². The number of carbonyl (C=O) groups excluding carboxylic acids is 1. The van der Waals surface area contributed by atoms with Crippen molar-refractivity contribution in [3.05, 3.63) is 47.6 Å². The van der Waals surface area contributed by atoms with E-state index >= 15 is 0 Å². The van der Waals surface area contributed by atoms with Gasteiger partial charge < -0.3 is 14.6 Å². The SMILES string of the molecule is C[C@@H]1CN(c2ccc(C(=O)Nc3nc(-c4ccc[nH]4)cs3)cn2)C[C@H](C)O1. The van der Waals surface area contributed by atoms with Crippen LogP contribution >= 0.6 is 11.3 Å². The lowest BCUT2D eigenvalue weighted by molar-refractivity contribution is -0.00546. The zero-order chi connectivity index (χ0) is 18.8. The fraction of sp³-hybridized carbons (Fsp3) is 0.316. The van der Waals surface area contributed by atoms with Crippen LogP contribution < -0.4 is 10.2 Å². The Labute approximate surface area is 161 Å². The molecule has 1 amide bonds. The van der Waals surface area contributed by atoms with Crippen LogP contribution in [0.1, 0.15) is 24.2 Å². The van der Waals surface area contributed by atoms with Crippen molar-refractivity contribution in [2.75, 3.05) is 23.3 Å². The first-order valence-electron chi connectivity index (χ1n) is 8.85. The molecular weight excluding hydrogens is 362 g/mol. The number of nitrogens with one attached hydrogen (secondary N) is 2. The van der Waals surface area contributed by atoms with E-state index in [1.165, 1.54) is 11.3 Å². The van der Waals surface area contributed by atoms with Crippen molar-refractivity contribution in [3.63, 3.8) is 0 Å². The first kappa shape index (κ1) is 17.7. The predicted octanol–water partition coefficient (Wildman–Crippen LogP) is 3.40. The molecule has 0 unspecified atom stereocenters. The van der Waals surface area contributed by atoms with Crippen molar-refractivity contribution < 1.29 is 9.53 Å². The number of anilines is 2. The van der Waals surface area contributed by atoms with Gasteiger partial charge in [0.25, 0.3) is 5.91 Å². The van der Waals surface area contributed by atoms with Gasteiger partial charge >= 0.3 is 0 Å². The average molecular weight is 383 g/mol. The van der Waals surface area contributed by atoms with Crippen LogP contribution in [0.5, 0.6) is 0 Å². The maximum absolute atomic E-state index is 12.5. The van der Waals surface area contributed by atoms with Crippen LogP contribution in [-0.2, 0) is 4.74 Å². The molecular formula is C19H21N5O2S. The first-order valence-corrected chi connectivity index (χ1v) is 9.73.